The highest BCUT2D eigenvalue weighted by atomic mass is 16.5. The summed E-state index contributed by atoms with van der Waals surface area (Å²) in [5.74, 6) is 3.27. The minimum absolute atomic E-state index is 0.761. The smallest absolute Gasteiger partial charge is 0.0910 e. The summed E-state index contributed by atoms with van der Waals surface area (Å²) in [6.07, 6.45) is 7.42. The van der Waals surface area contributed by atoms with Gasteiger partial charge in [0.05, 0.1) is 12.4 Å². The lowest BCUT2D eigenvalue weighted by molar-refractivity contribution is 0.154. The molecule has 1 fully saturated rings. The fourth-order valence-electron chi connectivity index (χ4n) is 2.34. The largest absolute Gasteiger partial charge is 0.499 e. The van der Waals surface area contributed by atoms with Gasteiger partial charge in [-0.15, -0.1) is 0 Å². The number of rotatable bonds is 3. The number of hydrogen-bond acceptors (Lipinski definition) is 1. The molecule has 0 amide bonds. The van der Waals surface area contributed by atoms with E-state index < -0.39 is 0 Å². The molecule has 12 heavy (non-hydrogen) atoms. The molecule has 0 N–H and O–H groups in total. The Labute approximate surface area is 74.1 Å². The highest BCUT2D eigenvalue weighted by Crippen LogP contribution is 2.43. The number of fused-ring (bicyclic) bond motifs is 2. The van der Waals surface area contributed by atoms with Gasteiger partial charge < -0.3 is 4.74 Å². The van der Waals surface area contributed by atoms with Gasteiger partial charge in [-0.05, 0) is 37.5 Å². The van der Waals surface area contributed by atoms with Crippen molar-refractivity contribution in [3.8, 4) is 0 Å². The van der Waals surface area contributed by atoms with E-state index in [-0.39, 0.29) is 0 Å². The lowest BCUT2D eigenvalue weighted by Gasteiger charge is -2.18. The van der Waals surface area contributed by atoms with E-state index in [0.717, 1.165) is 30.1 Å². The van der Waals surface area contributed by atoms with Gasteiger partial charge >= 0.3 is 0 Å². The van der Waals surface area contributed by atoms with E-state index in [1.165, 1.54) is 12.8 Å². The molecular formula is C11H16O. The molecule has 0 radical (unpaired) electrons. The van der Waals surface area contributed by atoms with Crippen molar-refractivity contribution in [2.24, 2.45) is 17.8 Å². The molecule has 1 saturated carbocycles. The molecule has 66 valence electrons. The zero-order valence-electron chi connectivity index (χ0n) is 7.62. The maximum atomic E-state index is 5.45. The second kappa shape index (κ2) is 2.96. The Bertz CT molecular complexity index is 217. The predicted molar refractivity (Wildman–Crippen MR) is 49.6 cm³/mol. The molecule has 1 heteroatoms. The fraction of sp³-hybridized carbons (Fsp3) is 0.636. The third kappa shape index (κ3) is 1.40. The third-order valence-electron chi connectivity index (χ3n) is 2.96. The van der Waals surface area contributed by atoms with Crippen molar-refractivity contribution in [2.45, 2.75) is 19.8 Å². The van der Waals surface area contributed by atoms with Crippen LogP contribution in [-0.2, 0) is 4.74 Å². The van der Waals surface area contributed by atoms with Crippen molar-refractivity contribution in [1.29, 1.82) is 0 Å². The number of ether oxygens (including phenoxy) is 1. The molecule has 2 aliphatic carbocycles. The Morgan fingerprint density at radius 2 is 2.33 bits per heavy atom. The second-order valence-corrected chi connectivity index (χ2v) is 4.05. The molecule has 0 aliphatic heterocycles. The van der Waals surface area contributed by atoms with Crippen LogP contribution in [0.25, 0.3) is 0 Å². The molecule has 0 spiro atoms. The molecular weight excluding hydrogens is 148 g/mol. The Kier molecular flexibility index (Phi) is 1.95. The van der Waals surface area contributed by atoms with Gasteiger partial charge in [-0.2, -0.15) is 0 Å². The first-order chi connectivity index (χ1) is 5.75. The van der Waals surface area contributed by atoms with Crippen LogP contribution in [0.4, 0.5) is 0 Å². The van der Waals surface area contributed by atoms with Gasteiger partial charge in [0, 0.05) is 0 Å². The van der Waals surface area contributed by atoms with E-state index >= 15 is 0 Å². The molecule has 0 heterocycles. The van der Waals surface area contributed by atoms with Crippen LogP contribution in [0.3, 0.4) is 0 Å². The Morgan fingerprint density at radius 3 is 2.83 bits per heavy atom. The molecule has 2 aliphatic rings. The molecule has 3 unspecified atom stereocenters. The van der Waals surface area contributed by atoms with E-state index in [2.05, 4.69) is 18.7 Å². The van der Waals surface area contributed by atoms with Crippen LogP contribution < -0.4 is 0 Å². The highest BCUT2D eigenvalue weighted by Gasteiger charge is 2.35. The van der Waals surface area contributed by atoms with Crippen molar-refractivity contribution in [1.82, 2.24) is 0 Å². The van der Waals surface area contributed by atoms with Crippen molar-refractivity contribution < 1.29 is 4.74 Å². The molecule has 0 aromatic heterocycles. The van der Waals surface area contributed by atoms with Crippen LogP contribution in [0.1, 0.15) is 19.8 Å². The normalized spacial score (nSPS) is 37.2. The summed E-state index contributed by atoms with van der Waals surface area (Å²) in [7, 11) is 0. The summed E-state index contributed by atoms with van der Waals surface area (Å²) in [4.78, 5) is 0. The summed E-state index contributed by atoms with van der Waals surface area (Å²) in [6, 6.07) is 0. The first-order valence-corrected chi connectivity index (χ1v) is 4.72. The van der Waals surface area contributed by atoms with Crippen molar-refractivity contribution >= 4 is 0 Å². The monoisotopic (exact) mass is 164 g/mol. The molecule has 0 aromatic rings. The van der Waals surface area contributed by atoms with Gasteiger partial charge in [0.2, 0.25) is 0 Å². The molecule has 0 aromatic carbocycles. The number of hydrogen-bond donors (Lipinski definition) is 0. The van der Waals surface area contributed by atoms with E-state index in [9.17, 15) is 0 Å². The van der Waals surface area contributed by atoms with E-state index in [1.54, 1.807) is 0 Å². The molecule has 2 bridgehead atoms. The van der Waals surface area contributed by atoms with Crippen molar-refractivity contribution in [3.05, 3.63) is 24.5 Å². The average molecular weight is 164 g/mol. The fourth-order valence-corrected chi connectivity index (χ4v) is 2.34. The maximum Gasteiger partial charge on any atom is 0.0910 e. The minimum Gasteiger partial charge on any atom is -0.499 e. The second-order valence-electron chi connectivity index (χ2n) is 4.05. The highest BCUT2D eigenvalue weighted by molar-refractivity contribution is 5.10. The third-order valence-corrected chi connectivity index (χ3v) is 2.96. The Hall–Kier alpha value is -0.720. The Morgan fingerprint density at radius 1 is 1.50 bits per heavy atom. The van der Waals surface area contributed by atoms with Crippen LogP contribution in [0.5, 0.6) is 0 Å². The van der Waals surface area contributed by atoms with E-state index in [0.29, 0.717) is 0 Å². The summed E-state index contributed by atoms with van der Waals surface area (Å²) in [5.41, 5.74) is 0. The molecule has 0 saturated heterocycles. The number of allylic oxidation sites excluding steroid dienone is 3. The quantitative estimate of drug-likeness (QED) is 0.460. The van der Waals surface area contributed by atoms with Crippen LogP contribution in [-0.4, -0.2) is 6.61 Å². The predicted octanol–water partition coefficient (Wildman–Crippen LogP) is 2.75. The van der Waals surface area contributed by atoms with Crippen LogP contribution in [0, 0.1) is 17.8 Å². The van der Waals surface area contributed by atoms with Gasteiger partial charge in [-0.25, -0.2) is 0 Å². The van der Waals surface area contributed by atoms with Gasteiger partial charge in [0.25, 0.3) is 0 Å². The average Bonchev–Trinajstić information content (AvgIpc) is 2.60. The molecule has 1 nitrogen and oxygen atoms in total. The van der Waals surface area contributed by atoms with Gasteiger partial charge in [0.15, 0.2) is 0 Å². The zero-order chi connectivity index (χ0) is 8.55. The standard InChI is InChI=1S/C11H16O/c1-8(2)12-7-11-6-9-3-4-10(11)5-9/h3-4,9-11H,1,5-7H2,2H3. The first kappa shape index (κ1) is 7.90. The van der Waals surface area contributed by atoms with Crippen LogP contribution >= 0.6 is 0 Å². The summed E-state index contributed by atoms with van der Waals surface area (Å²) in [5, 5.41) is 0. The molecule has 2 rings (SSSR count). The van der Waals surface area contributed by atoms with Gasteiger partial charge in [0.1, 0.15) is 0 Å². The van der Waals surface area contributed by atoms with Gasteiger partial charge in [-0.3, -0.25) is 0 Å². The van der Waals surface area contributed by atoms with Crippen LogP contribution in [0.15, 0.2) is 24.5 Å². The van der Waals surface area contributed by atoms with Gasteiger partial charge in [-0.1, -0.05) is 18.7 Å². The maximum absolute atomic E-state index is 5.45. The van der Waals surface area contributed by atoms with Crippen molar-refractivity contribution in [2.75, 3.05) is 6.61 Å². The lowest BCUT2D eigenvalue weighted by atomic mass is 9.95. The lowest BCUT2D eigenvalue weighted by Crippen LogP contribution is -2.13. The zero-order valence-corrected chi connectivity index (χ0v) is 7.62. The minimum atomic E-state index is 0.761. The Balaban J connectivity index is 1.83. The van der Waals surface area contributed by atoms with Crippen molar-refractivity contribution in [3.63, 3.8) is 0 Å². The summed E-state index contributed by atoms with van der Waals surface area (Å²) in [6.45, 7) is 6.53. The SMILES string of the molecule is C=C(C)OCC1CC2C=CC1C2. The topological polar surface area (TPSA) is 9.23 Å². The van der Waals surface area contributed by atoms with E-state index in [4.69, 9.17) is 4.74 Å². The summed E-state index contributed by atoms with van der Waals surface area (Å²) >= 11 is 0. The first-order valence-electron chi connectivity index (χ1n) is 4.72. The molecule has 3 atom stereocenters. The summed E-state index contributed by atoms with van der Waals surface area (Å²) < 4.78 is 5.45. The van der Waals surface area contributed by atoms with Crippen LogP contribution in [0.2, 0.25) is 0 Å². The van der Waals surface area contributed by atoms with E-state index in [1.807, 2.05) is 6.92 Å².